The van der Waals surface area contributed by atoms with E-state index in [0.29, 0.717) is 28.8 Å². The lowest BCUT2D eigenvalue weighted by molar-refractivity contribution is -0.140. The molecule has 0 bridgehead atoms. The van der Waals surface area contributed by atoms with Crippen molar-refractivity contribution >= 4 is 0 Å². The molecule has 0 radical (unpaired) electrons. The van der Waals surface area contributed by atoms with E-state index < -0.39 is 17.6 Å². The van der Waals surface area contributed by atoms with Gasteiger partial charge in [-0.3, -0.25) is 4.90 Å². The Hall–Kier alpha value is -2.16. The van der Waals surface area contributed by atoms with Gasteiger partial charge in [-0.25, -0.2) is 14.1 Å². The SMILES string of the molecule is C[C@@]12C[C@@H](Oc3ccc(F)c(C(F)(F)F)c3)C[C@@H]1CN(C1(CC3CC4(C3)CC(n3cnc(C5CC5)n3)C4)CCC1)C2. The Morgan fingerprint density at radius 2 is 1.85 bits per heavy atom. The second kappa shape index (κ2) is 8.93. The second-order valence-corrected chi connectivity index (χ2v) is 15.0. The van der Waals surface area contributed by atoms with Gasteiger partial charge in [0.05, 0.1) is 17.7 Å². The summed E-state index contributed by atoms with van der Waals surface area (Å²) < 4.78 is 61.4. The Bertz CT molecular complexity index is 1320. The fourth-order valence-electron chi connectivity index (χ4n) is 9.60. The molecular weight excluding hydrogens is 532 g/mol. The van der Waals surface area contributed by atoms with E-state index in [1.807, 2.05) is 6.33 Å². The van der Waals surface area contributed by atoms with Crippen molar-refractivity contribution in [2.24, 2.45) is 22.7 Å². The van der Waals surface area contributed by atoms with Crippen molar-refractivity contribution in [3.8, 4) is 5.75 Å². The van der Waals surface area contributed by atoms with Crippen molar-refractivity contribution in [1.29, 1.82) is 0 Å². The molecule has 5 saturated carbocycles. The van der Waals surface area contributed by atoms with Crippen LogP contribution in [0, 0.1) is 28.5 Å². The molecule has 6 aliphatic rings. The van der Waals surface area contributed by atoms with Crippen LogP contribution in [0.1, 0.15) is 107 Å². The number of likely N-dealkylation sites (tertiary alicyclic amines) is 1. The standard InChI is InChI=1S/C32H40F4N4O/c1-29-16-25(41-24-5-6-27(33)26(10-24)32(34,35)36)9-22(29)17-39(18-29)31(7-2-8-31)13-20-11-30(12-20)14-23(15-30)40-19-37-28(38-40)21-3-4-21/h5-6,10,19-23,25H,2-4,7-9,11-18H2,1H3/t20?,22-,23?,25+,29+,30?/m1/s1. The normalized spacial score (nSPS) is 37.9. The molecule has 222 valence electrons. The van der Waals surface area contributed by atoms with Crippen LogP contribution in [0.25, 0.3) is 0 Å². The van der Waals surface area contributed by atoms with Crippen molar-refractivity contribution in [2.75, 3.05) is 13.1 Å². The second-order valence-electron chi connectivity index (χ2n) is 15.0. The van der Waals surface area contributed by atoms with Gasteiger partial charge in [0.1, 0.15) is 17.9 Å². The molecule has 2 aromatic rings. The van der Waals surface area contributed by atoms with Gasteiger partial charge in [-0.1, -0.05) is 6.92 Å². The molecule has 5 nitrogen and oxygen atoms in total. The largest absolute Gasteiger partial charge is 0.490 e. The molecule has 41 heavy (non-hydrogen) atoms. The number of halogens is 4. The van der Waals surface area contributed by atoms with Gasteiger partial charge in [-0.15, -0.1) is 0 Å². The third-order valence-corrected chi connectivity index (χ3v) is 12.0. The lowest BCUT2D eigenvalue weighted by Gasteiger charge is -2.61. The highest BCUT2D eigenvalue weighted by Gasteiger charge is 2.59. The summed E-state index contributed by atoms with van der Waals surface area (Å²) in [5.41, 5.74) is -0.271. The number of nitrogens with zero attached hydrogens (tertiary/aromatic N) is 4. The molecule has 8 rings (SSSR count). The van der Waals surface area contributed by atoms with Gasteiger partial charge in [0.25, 0.3) is 0 Å². The molecule has 3 atom stereocenters. The van der Waals surface area contributed by atoms with Gasteiger partial charge < -0.3 is 4.74 Å². The number of ether oxygens (including phenoxy) is 1. The first-order chi connectivity index (χ1) is 19.5. The van der Waals surface area contributed by atoms with Crippen molar-refractivity contribution < 1.29 is 22.3 Å². The fraction of sp³-hybridized carbons (Fsp3) is 0.750. The van der Waals surface area contributed by atoms with Crippen molar-refractivity contribution in [3.05, 3.63) is 41.7 Å². The summed E-state index contributed by atoms with van der Waals surface area (Å²) in [6.07, 6.45) is 11.7. The average molecular weight is 573 g/mol. The summed E-state index contributed by atoms with van der Waals surface area (Å²) in [5.74, 6) is 1.83. The third kappa shape index (κ3) is 4.51. The maximum Gasteiger partial charge on any atom is 0.419 e. The summed E-state index contributed by atoms with van der Waals surface area (Å²) in [5, 5.41) is 4.78. The van der Waals surface area contributed by atoms with E-state index in [0.717, 1.165) is 49.8 Å². The van der Waals surface area contributed by atoms with Gasteiger partial charge in [0.15, 0.2) is 5.82 Å². The van der Waals surface area contributed by atoms with Gasteiger partial charge in [0, 0.05) is 24.5 Å². The van der Waals surface area contributed by atoms with Crippen molar-refractivity contribution in [2.45, 2.75) is 114 Å². The van der Waals surface area contributed by atoms with Crippen LogP contribution >= 0.6 is 0 Å². The molecular formula is C32H40F4N4O. The molecule has 1 saturated heterocycles. The number of hydrogen-bond donors (Lipinski definition) is 0. The van der Waals surface area contributed by atoms with E-state index in [9.17, 15) is 17.6 Å². The van der Waals surface area contributed by atoms with Crippen LogP contribution in [-0.4, -0.2) is 44.4 Å². The maximum atomic E-state index is 13.7. The van der Waals surface area contributed by atoms with E-state index in [2.05, 4.69) is 21.5 Å². The van der Waals surface area contributed by atoms with Crippen LogP contribution in [0.3, 0.4) is 0 Å². The highest BCUT2D eigenvalue weighted by molar-refractivity contribution is 5.32. The number of benzene rings is 1. The van der Waals surface area contributed by atoms with E-state index >= 15 is 0 Å². The first kappa shape index (κ1) is 26.5. The Balaban J connectivity index is 0.852. The van der Waals surface area contributed by atoms with Crippen LogP contribution < -0.4 is 4.74 Å². The van der Waals surface area contributed by atoms with Crippen LogP contribution in [0.4, 0.5) is 17.6 Å². The number of hydrogen-bond acceptors (Lipinski definition) is 4. The van der Waals surface area contributed by atoms with Gasteiger partial charge in [0.2, 0.25) is 0 Å². The number of alkyl halides is 3. The van der Waals surface area contributed by atoms with Gasteiger partial charge in [-0.2, -0.15) is 18.3 Å². The minimum absolute atomic E-state index is 0.110. The van der Waals surface area contributed by atoms with Crippen LogP contribution in [0.2, 0.25) is 0 Å². The monoisotopic (exact) mass is 572 g/mol. The molecule has 5 aliphatic carbocycles. The van der Waals surface area contributed by atoms with Gasteiger partial charge >= 0.3 is 6.18 Å². The van der Waals surface area contributed by atoms with Crippen LogP contribution in [0.5, 0.6) is 5.75 Å². The summed E-state index contributed by atoms with van der Waals surface area (Å²) in [6.45, 7) is 4.44. The summed E-state index contributed by atoms with van der Waals surface area (Å²) >= 11 is 0. The highest BCUT2D eigenvalue weighted by Crippen LogP contribution is 2.65. The molecule has 1 spiro atoms. The van der Waals surface area contributed by atoms with Crippen LogP contribution in [-0.2, 0) is 6.18 Å². The molecule has 1 aromatic carbocycles. The van der Waals surface area contributed by atoms with Crippen molar-refractivity contribution in [1.82, 2.24) is 19.7 Å². The zero-order valence-corrected chi connectivity index (χ0v) is 23.8. The molecule has 0 N–H and O–H groups in total. The minimum atomic E-state index is -4.73. The molecule has 1 aromatic heterocycles. The molecule has 1 aliphatic heterocycles. The minimum Gasteiger partial charge on any atom is -0.490 e. The molecule has 9 heteroatoms. The summed E-state index contributed by atoms with van der Waals surface area (Å²) in [6, 6.07) is 3.54. The summed E-state index contributed by atoms with van der Waals surface area (Å²) in [7, 11) is 0. The molecule has 6 fully saturated rings. The lowest BCUT2D eigenvalue weighted by atomic mass is 9.48. The first-order valence-corrected chi connectivity index (χ1v) is 15.7. The average Bonchev–Trinajstić information content (AvgIpc) is 3.37. The zero-order chi connectivity index (χ0) is 28.2. The van der Waals surface area contributed by atoms with E-state index in [4.69, 9.17) is 9.84 Å². The van der Waals surface area contributed by atoms with E-state index in [1.54, 1.807) is 0 Å². The number of rotatable bonds is 7. The topological polar surface area (TPSA) is 43.2 Å². The summed E-state index contributed by atoms with van der Waals surface area (Å²) in [4.78, 5) is 7.35. The highest BCUT2D eigenvalue weighted by atomic mass is 19.4. The Morgan fingerprint density at radius 1 is 1.07 bits per heavy atom. The number of aromatic nitrogens is 3. The number of fused-ring (bicyclic) bond motifs is 1. The Kier molecular flexibility index (Phi) is 5.76. The first-order valence-electron chi connectivity index (χ1n) is 15.7. The Labute approximate surface area is 239 Å². The van der Waals surface area contributed by atoms with Gasteiger partial charge in [-0.05, 0) is 118 Å². The molecule has 0 amide bonds. The molecule has 0 unspecified atom stereocenters. The predicted octanol–water partition coefficient (Wildman–Crippen LogP) is 7.54. The lowest BCUT2D eigenvalue weighted by Crippen LogP contribution is -2.57. The molecule has 2 heterocycles. The van der Waals surface area contributed by atoms with Crippen molar-refractivity contribution in [3.63, 3.8) is 0 Å². The Morgan fingerprint density at radius 3 is 2.51 bits per heavy atom. The van der Waals surface area contributed by atoms with E-state index in [-0.39, 0.29) is 17.3 Å². The van der Waals surface area contributed by atoms with Crippen LogP contribution in [0.15, 0.2) is 24.5 Å². The predicted molar refractivity (Wildman–Crippen MR) is 145 cm³/mol. The third-order valence-electron chi connectivity index (χ3n) is 12.0. The fourth-order valence-corrected chi connectivity index (χ4v) is 9.60. The zero-order valence-electron chi connectivity index (χ0n) is 23.8. The quantitative estimate of drug-likeness (QED) is 0.322. The smallest absolute Gasteiger partial charge is 0.419 e. The maximum absolute atomic E-state index is 13.7. The van der Waals surface area contributed by atoms with E-state index in [1.165, 1.54) is 70.3 Å².